The smallest absolute Gasteiger partial charge is 0.319 e. The van der Waals surface area contributed by atoms with Gasteiger partial charge in [-0.2, -0.15) is 0 Å². The van der Waals surface area contributed by atoms with Crippen LogP contribution >= 0.6 is 0 Å². The Hall–Kier alpha value is -2.53. The van der Waals surface area contributed by atoms with Crippen LogP contribution in [-0.4, -0.2) is 23.3 Å². The lowest BCUT2D eigenvalue weighted by Crippen LogP contribution is -2.31. The van der Waals surface area contributed by atoms with E-state index in [2.05, 4.69) is 10.6 Å². The number of aliphatic hydroxyl groups is 1. The molecule has 2 rings (SSSR count). The number of hydrogen-bond donors (Lipinski definition) is 3. The summed E-state index contributed by atoms with van der Waals surface area (Å²) in [5.41, 5.74) is 2.29. The topological polar surface area (TPSA) is 70.6 Å². The zero-order valence-corrected chi connectivity index (χ0v) is 15.0. The molecule has 0 unspecified atom stereocenters. The number of nitrogens with one attached hydrogen (secondary N) is 2. The molecular formula is C20H26N2O3. The first-order valence-electron chi connectivity index (χ1n) is 8.39. The van der Waals surface area contributed by atoms with Gasteiger partial charge in [0.1, 0.15) is 11.4 Å². The number of aliphatic hydroxyl groups excluding tert-OH is 1. The number of anilines is 1. The molecule has 0 heterocycles. The number of rotatable bonds is 6. The van der Waals surface area contributed by atoms with Crippen LogP contribution in [0.1, 0.15) is 31.9 Å². The maximum atomic E-state index is 12.1. The molecule has 0 bridgehead atoms. The lowest BCUT2D eigenvalue weighted by Gasteiger charge is -2.23. The predicted molar refractivity (Wildman–Crippen MR) is 99.9 cm³/mol. The minimum absolute atomic E-state index is 0.0387. The molecule has 0 aliphatic rings. The lowest BCUT2D eigenvalue weighted by atomic mass is 10.1. The van der Waals surface area contributed by atoms with Crippen LogP contribution in [0.4, 0.5) is 10.5 Å². The van der Waals surface area contributed by atoms with Crippen molar-refractivity contribution in [2.24, 2.45) is 0 Å². The number of hydrogen-bond acceptors (Lipinski definition) is 3. The summed E-state index contributed by atoms with van der Waals surface area (Å²) in [7, 11) is 0. The summed E-state index contributed by atoms with van der Waals surface area (Å²) >= 11 is 0. The molecule has 2 aromatic rings. The van der Waals surface area contributed by atoms with E-state index in [1.807, 2.05) is 69.3 Å². The fourth-order valence-corrected chi connectivity index (χ4v) is 2.29. The van der Waals surface area contributed by atoms with Gasteiger partial charge in [-0.1, -0.05) is 36.4 Å². The molecule has 0 atom stereocenters. The highest BCUT2D eigenvalue weighted by molar-refractivity contribution is 5.90. The average molecular weight is 342 g/mol. The largest absolute Gasteiger partial charge is 0.486 e. The van der Waals surface area contributed by atoms with Crippen LogP contribution in [0.2, 0.25) is 0 Å². The summed E-state index contributed by atoms with van der Waals surface area (Å²) in [6.07, 6.45) is 0.721. The van der Waals surface area contributed by atoms with E-state index in [1.54, 1.807) is 0 Å². The van der Waals surface area contributed by atoms with E-state index >= 15 is 0 Å². The number of amides is 2. The maximum absolute atomic E-state index is 12.1. The van der Waals surface area contributed by atoms with Gasteiger partial charge < -0.3 is 20.5 Å². The Morgan fingerprint density at radius 2 is 1.68 bits per heavy atom. The molecular weight excluding hydrogens is 316 g/mol. The third-order valence-corrected chi connectivity index (χ3v) is 3.46. The Bertz CT molecular complexity index is 691. The fraction of sp³-hybridized carbons (Fsp3) is 0.350. The number of urea groups is 1. The fourth-order valence-electron chi connectivity index (χ4n) is 2.29. The monoisotopic (exact) mass is 342 g/mol. The summed E-state index contributed by atoms with van der Waals surface area (Å²) in [5, 5.41) is 14.7. The van der Waals surface area contributed by atoms with E-state index < -0.39 is 0 Å². The molecule has 2 aromatic carbocycles. The molecule has 0 aliphatic heterocycles. The van der Waals surface area contributed by atoms with Gasteiger partial charge in [-0.05, 0) is 50.5 Å². The molecule has 0 radical (unpaired) electrons. The highest BCUT2D eigenvalue weighted by Crippen LogP contribution is 2.27. The summed E-state index contributed by atoms with van der Waals surface area (Å²) < 4.78 is 5.87. The van der Waals surface area contributed by atoms with Gasteiger partial charge in [-0.25, -0.2) is 4.79 Å². The minimum atomic E-state index is -0.338. The van der Waals surface area contributed by atoms with Crippen LogP contribution in [0.3, 0.4) is 0 Å². The zero-order valence-electron chi connectivity index (χ0n) is 15.0. The van der Waals surface area contributed by atoms with Crippen LogP contribution in [0.15, 0.2) is 48.5 Å². The molecule has 0 aromatic heterocycles. The Balaban J connectivity index is 1.86. The summed E-state index contributed by atoms with van der Waals surface area (Å²) in [4.78, 5) is 12.1. The van der Waals surface area contributed by atoms with Crippen molar-refractivity contribution in [3.8, 4) is 5.75 Å². The average Bonchev–Trinajstić information content (AvgIpc) is 2.56. The standard InChI is InChI=1S/C20H26N2O3/c1-20(2,3)25-18-7-5-4-6-17(18)22-19(24)21-13-12-15-8-10-16(14-23)11-9-15/h4-11,23H,12-14H2,1-3H3,(H2,21,22,24). The second-order valence-electron chi connectivity index (χ2n) is 6.82. The van der Waals surface area contributed by atoms with Crippen molar-refractivity contribution in [2.45, 2.75) is 39.4 Å². The maximum Gasteiger partial charge on any atom is 0.319 e. The molecule has 0 saturated heterocycles. The number of benzene rings is 2. The van der Waals surface area contributed by atoms with Crippen molar-refractivity contribution in [3.63, 3.8) is 0 Å². The zero-order chi connectivity index (χ0) is 18.3. The summed E-state index contributed by atoms with van der Waals surface area (Å²) in [6.45, 7) is 6.45. The van der Waals surface area contributed by atoms with Crippen molar-refractivity contribution < 1.29 is 14.6 Å². The minimum Gasteiger partial charge on any atom is -0.486 e. The van der Waals surface area contributed by atoms with E-state index in [0.29, 0.717) is 18.0 Å². The Kier molecular flexibility index (Phi) is 6.42. The van der Waals surface area contributed by atoms with Gasteiger partial charge in [0.2, 0.25) is 0 Å². The van der Waals surface area contributed by atoms with Gasteiger partial charge in [0.05, 0.1) is 12.3 Å². The molecule has 0 saturated carbocycles. The van der Waals surface area contributed by atoms with E-state index in [4.69, 9.17) is 9.84 Å². The quantitative estimate of drug-likeness (QED) is 0.749. The predicted octanol–water partition coefficient (Wildman–Crippen LogP) is 3.72. The van der Waals surface area contributed by atoms with Crippen molar-refractivity contribution in [1.82, 2.24) is 5.32 Å². The van der Waals surface area contributed by atoms with Gasteiger partial charge in [-0.15, -0.1) is 0 Å². The van der Waals surface area contributed by atoms with Gasteiger partial charge >= 0.3 is 6.03 Å². The van der Waals surface area contributed by atoms with E-state index in [0.717, 1.165) is 17.5 Å². The summed E-state index contributed by atoms with van der Waals surface area (Å²) in [5.74, 6) is 0.643. The van der Waals surface area contributed by atoms with Crippen molar-refractivity contribution in [2.75, 3.05) is 11.9 Å². The normalized spacial score (nSPS) is 11.0. The SMILES string of the molecule is CC(C)(C)Oc1ccccc1NC(=O)NCCc1ccc(CO)cc1. The molecule has 5 nitrogen and oxygen atoms in total. The number of para-hydroxylation sites is 2. The van der Waals surface area contributed by atoms with E-state index in [9.17, 15) is 4.79 Å². The van der Waals surface area contributed by atoms with Gasteiger partial charge in [0, 0.05) is 6.54 Å². The molecule has 5 heteroatoms. The molecule has 0 spiro atoms. The van der Waals surface area contributed by atoms with Crippen LogP contribution in [0, 0.1) is 0 Å². The lowest BCUT2D eigenvalue weighted by molar-refractivity contribution is 0.132. The highest BCUT2D eigenvalue weighted by Gasteiger charge is 2.15. The van der Waals surface area contributed by atoms with Gasteiger partial charge in [0.15, 0.2) is 0 Å². The first-order valence-corrected chi connectivity index (χ1v) is 8.39. The molecule has 0 aliphatic carbocycles. The van der Waals surface area contributed by atoms with Crippen molar-refractivity contribution in [1.29, 1.82) is 0 Å². The van der Waals surface area contributed by atoms with E-state index in [-0.39, 0.29) is 18.2 Å². The van der Waals surface area contributed by atoms with Crippen LogP contribution in [0.5, 0.6) is 5.75 Å². The molecule has 25 heavy (non-hydrogen) atoms. The second kappa shape index (κ2) is 8.53. The van der Waals surface area contributed by atoms with Crippen LogP contribution in [0.25, 0.3) is 0 Å². The third-order valence-electron chi connectivity index (χ3n) is 3.46. The van der Waals surface area contributed by atoms with Crippen LogP contribution in [-0.2, 0) is 13.0 Å². The van der Waals surface area contributed by atoms with Crippen molar-refractivity contribution >= 4 is 11.7 Å². The first-order chi connectivity index (χ1) is 11.9. The third kappa shape index (κ3) is 6.47. The number of carbonyl (C=O) groups is 1. The summed E-state index contributed by atoms with van der Waals surface area (Å²) in [6, 6.07) is 14.8. The molecule has 134 valence electrons. The Morgan fingerprint density at radius 3 is 2.32 bits per heavy atom. The Labute approximate surface area is 149 Å². The second-order valence-corrected chi connectivity index (χ2v) is 6.82. The number of ether oxygens (including phenoxy) is 1. The number of carbonyl (C=O) groups excluding carboxylic acids is 1. The van der Waals surface area contributed by atoms with Gasteiger partial charge in [0.25, 0.3) is 0 Å². The highest BCUT2D eigenvalue weighted by atomic mass is 16.5. The first kappa shape index (κ1) is 18.8. The Morgan fingerprint density at radius 1 is 1.04 bits per heavy atom. The van der Waals surface area contributed by atoms with E-state index in [1.165, 1.54) is 0 Å². The van der Waals surface area contributed by atoms with Crippen molar-refractivity contribution in [3.05, 3.63) is 59.7 Å². The van der Waals surface area contributed by atoms with Gasteiger partial charge in [-0.3, -0.25) is 0 Å². The van der Waals surface area contributed by atoms with Crippen LogP contribution < -0.4 is 15.4 Å². The molecule has 2 amide bonds. The molecule has 0 fully saturated rings. The molecule has 3 N–H and O–H groups in total.